The number of amides is 1. The predicted octanol–water partition coefficient (Wildman–Crippen LogP) is -0.572. The Morgan fingerprint density at radius 3 is 2.81 bits per heavy atom. The summed E-state index contributed by atoms with van der Waals surface area (Å²) < 4.78 is 10.4. The molecule has 138 valence electrons. The molecule has 0 atom stereocenters. The standard InChI is InChI=1S/C15H18N6O5/c1-25-10-5-3-4-9(12(10)26-2)8-17-19-11(22)6-7-16-13-14(23)18-15(24)21-20-13/h3-5,8H,6-7H2,1-2H3,(H,16,20)(H,19,22)(H2,18,21,23,24)/b17-8+. The van der Waals surface area contributed by atoms with Crippen LogP contribution in [0.5, 0.6) is 11.5 Å². The van der Waals surface area contributed by atoms with Gasteiger partial charge < -0.3 is 14.8 Å². The summed E-state index contributed by atoms with van der Waals surface area (Å²) in [5.41, 5.74) is 1.62. The van der Waals surface area contributed by atoms with Crippen molar-refractivity contribution in [2.75, 3.05) is 26.1 Å². The fourth-order valence-electron chi connectivity index (χ4n) is 2.01. The number of para-hydroxylation sites is 1. The molecule has 0 saturated carbocycles. The summed E-state index contributed by atoms with van der Waals surface area (Å²) in [4.78, 5) is 36.0. The van der Waals surface area contributed by atoms with Crippen LogP contribution in [0.1, 0.15) is 12.0 Å². The van der Waals surface area contributed by atoms with Gasteiger partial charge in [0, 0.05) is 18.5 Å². The molecular weight excluding hydrogens is 344 g/mol. The number of methoxy groups -OCH3 is 2. The number of rotatable bonds is 8. The molecule has 1 aromatic heterocycles. The van der Waals surface area contributed by atoms with E-state index in [1.165, 1.54) is 20.4 Å². The SMILES string of the molecule is COc1cccc(/C=N/NC(=O)CCNc2n[nH]c(=O)[nH]c2=O)c1OC. The summed E-state index contributed by atoms with van der Waals surface area (Å²) in [6.07, 6.45) is 1.47. The lowest BCUT2D eigenvalue weighted by Gasteiger charge is -2.09. The van der Waals surface area contributed by atoms with Crippen molar-refractivity contribution < 1.29 is 14.3 Å². The van der Waals surface area contributed by atoms with Crippen LogP contribution < -0.4 is 31.5 Å². The van der Waals surface area contributed by atoms with Crippen LogP contribution in [0.4, 0.5) is 5.82 Å². The molecular formula is C15H18N6O5. The number of carbonyl (C=O) groups is 1. The zero-order valence-corrected chi connectivity index (χ0v) is 14.2. The summed E-state index contributed by atoms with van der Waals surface area (Å²) >= 11 is 0. The van der Waals surface area contributed by atoms with Crippen molar-refractivity contribution in [3.05, 3.63) is 44.6 Å². The molecule has 1 aromatic carbocycles. The van der Waals surface area contributed by atoms with E-state index in [4.69, 9.17) is 9.47 Å². The van der Waals surface area contributed by atoms with E-state index in [0.717, 1.165) is 0 Å². The summed E-state index contributed by atoms with van der Waals surface area (Å²) in [5.74, 6) is 0.585. The van der Waals surface area contributed by atoms with E-state index in [2.05, 4.69) is 26.0 Å². The minimum atomic E-state index is -0.708. The van der Waals surface area contributed by atoms with Crippen molar-refractivity contribution in [3.8, 4) is 11.5 Å². The van der Waals surface area contributed by atoms with Gasteiger partial charge in [-0.3, -0.25) is 14.6 Å². The Kier molecular flexibility index (Phi) is 6.48. The van der Waals surface area contributed by atoms with E-state index in [9.17, 15) is 14.4 Å². The average Bonchev–Trinajstić information content (AvgIpc) is 2.63. The zero-order valence-electron chi connectivity index (χ0n) is 14.2. The van der Waals surface area contributed by atoms with Gasteiger partial charge in [0.25, 0.3) is 5.56 Å². The van der Waals surface area contributed by atoms with Gasteiger partial charge in [-0.05, 0) is 12.1 Å². The number of aromatic nitrogens is 3. The van der Waals surface area contributed by atoms with E-state index < -0.39 is 11.2 Å². The van der Waals surface area contributed by atoms with Crippen molar-refractivity contribution in [1.82, 2.24) is 20.6 Å². The first-order valence-corrected chi connectivity index (χ1v) is 7.51. The van der Waals surface area contributed by atoms with Crippen molar-refractivity contribution in [1.29, 1.82) is 0 Å². The van der Waals surface area contributed by atoms with Gasteiger partial charge in [0.05, 0.1) is 20.4 Å². The van der Waals surface area contributed by atoms with Gasteiger partial charge in [-0.15, -0.1) is 5.10 Å². The summed E-state index contributed by atoms with van der Waals surface area (Å²) in [5, 5.41) is 12.1. The number of carbonyl (C=O) groups excluding carboxylic acids is 1. The van der Waals surface area contributed by atoms with Gasteiger partial charge in [0.15, 0.2) is 11.5 Å². The minimum Gasteiger partial charge on any atom is -0.493 e. The molecule has 4 N–H and O–H groups in total. The number of hydrazone groups is 1. The maximum atomic E-state index is 11.8. The van der Waals surface area contributed by atoms with Crippen molar-refractivity contribution in [2.45, 2.75) is 6.42 Å². The summed E-state index contributed by atoms with van der Waals surface area (Å²) in [6.45, 7) is 0.131. The number of ether oxygens (including phenoxy) is 2. The number of nitrogens with zero attached hydrogens (tertiary/aromatic N) is 2. The highest BCUT2D eigenvalue weighted by Crippen LogP contribution is 2.29. The lowest BCUT2D eigenvalue weighted by molar-refractivity contribution is -0.120. The predicted molar refractivity (Wildman–Crippen MR) is 93.9 cm³/mol. The highest BCUT2D eigenvalue weighted by molar-refractivity contribution is 5.86. The molecule has 0 fully saturated rings. The van der Waals surface area contributed by atoms with E-state index in [1.807, 2.05) is 4.98 Å². The number of nitrogens with one attached hydrogen (secondary N) is 4. The van der Waals surface area contributed by atoms with Crippen LogP contribution in [-0.2, 0) is 4.79 Å². The number of H-pyrrole nitrogens is 2. The van der Waals surface area contributed by atoms with Gasteiger partial charge in [0.1, 0.15) is 0 Å². The Hall–Kier alpha value is -3.63. The normalized spacial score (nSPS) is 10.5. The second-order valence-corrected chi connectivity index (χ2v) is 4.91. The molecule has 2 rings (SSSR count). The Labute approximate surface area is 147 Å². The highest BCUT2D eigenvalue weighted by Gasteiger charge is 2.08. The third-order valence-corrected chi connectivity index (χ3v) is 3.18. The number of hydrogen-bond donors (Lipinski definition) is 4. The first-order valence-electron chi connectivity index (χ1n) is 7.51. The molecule has 11 heteroatoms. The highest BCUT2D eigenvalue weighted by atomic mass is 16.5. The third kappa shape index (κ3) is 4.93. The fraction of sp³-hybridized carbons (Fsp3) is 0.267. The largest absolute Gasteiger partial charge is 0.493 e. The topological polar surface area (TPSA) is 151 Å². The molecule has 0 unspecified atom stereocenters. The Bertz CT molecular complexity index is 904. The molecule has 11 nitrogen and oxygen atoms in total. The molecule has 0 aliphatic heterocycles. The monoisotopic (exact) mass is 362 g/mol. The van der Waals surface area contributed by atoms with Gasteiger partial charge in [0.2, 0.25) is 11.7 Å². The second kappa shape index (κ2) is 9.01. The quantitative estimate of drug-likeness (QED) is 0.362. The van der Waals surface area contributed by atoms with Crippen LogP contribution >= 0.6 is 0 Å². The number of anilines is 1. The van der Waals surface area contributed by atoms with Gasteiger partial charge in [-0.2, -0.15) is 5.10 Å². The van der Waals surface area contributed by atoms with E-state index in [1.54, 1.807) is 18.2 Å². The van der Waals surface area contributed by atoms with Crippen molar-refractivity contribution in [2.24, 2.45) is 5.10 Å². The minimum absolute atomic E-state index is 0.0346. The van der Waals surface area contributed by atoms with E-state index in [-0.39, 0.29) is 24.7 Å². The van der Waals surface area contributed by atoms with Crippen LogP contribution in [0.3, 0.4) is 0 Å². The van der Waals surface area contributed by atoms with Crippen molar-refractivity contribution in [3.63, 3.8) is 0 Å². The maximum absolute atomic E-state index is 11.8. The lowest BCUT2D eigenvalue weighted by atomic mass is 10.2. The number of benzene rings is 1. The first-order chi connectivity index (χ1) is 12.5. The molecule has 1 heterocycles. The second-order valence-electron chi connectivity index (χ2n) is 4.91. The lowest BCUT2D eigenvalue weighted by Crippen LogP contribution is -2.28. The van der Waals surface area contributed by atoms with Crippen LogP contribution in [0.2, 0.25) is 0 Å². The zero-order chi connectivity index (χ0) is 18.9. The molecule has 0 radical (unpaired) electrons. The van der Waals surface area contributed by atoms with Crippen LogP contribution in [0.15, 0.2) is 32.9 Å². The van der Waals surface area contributed by atoms with Gasteiger partial charge in [-0.25, -0.2) is 15.3 Å². The first kappa shape index (κ1) is 18.7. The molecule has 0 saturated heterocycles. The molecule has 0 aliphatic carbocycles. The molecule has 2 aromatic rings. The van der Waals surface area contributed by atoms with Crippen LogP contribution in [0, 0.1) is 0 Å². The van der Waals surface area contributed by atoms with E-state index >= 15 is 0 Å². The maximum Gasteiger partial charge on any atom is 0.342 e. The Balaban J connectivity index is 1.86. The third-order valence-electron chi connectivity index (χ3n) is 3.18. The Morgan fingerprint density at radius 1 is 1.31 bits per heavy atom. The fourth-order valence-corrected chi connectivity index (χ4v) is 2.01. The van der Waals surface area contributed by atoms with E-state index in [0.29, 0.717) is 17.1 Å². The van der Waals surface area contributed by atoms with Crippen LogP contribution in [0.25, 0.3) is 0 Å². The Morgan fingerprint density at radius 2 is 2.12 bits per heavy atom. The summed E-state index contributed by atoms with van der Waals surface area (Å²) in [7, 11) is 3.03. The average molecular weight is 362 g/mol. The van der Waals surface area contributed by atoms with Crippen molar-refractivity contribution >= 4 is 17.9 Å². The summed E-state index contributed by atoms with van der Waals surface area (Å²) in [6, 6.07) is 5.27. The molecule has 1 amide bonds. The van der Waals surface area contributed by atoms with Gasteiger partial charge >= 0.3 is 5.69 Å². The molecule has 0 aliphatic rings. The number of hydrogen-bond acceptors (Lipinski definition) is 8. The van der Waals surface area contributed by atoms with Gasteiger partial charge in [-0.1, -0.05) is 6.07 Å². The van der Waals surface area contributed by atoms with Crippen LogP contribution in [-0.4, -0.2) is 48.1 Å². The molecule has 0 bridgehead atoms. The number of aromatic amines is 2. The smallest absolute Gasteiger partial charge is 0.342 e. The molecule has 26 heavy (non-hydrogen) atoms. The molecule has 0 spiro atoms.